The second kappa shape index (κ2) is 5.61. The number of amides is 1. The molecule has 0 aliphatic carbocycles. The molecule has 0 saturated carbocycles. The van der Waals surface area contributed by atoms with E-state index in [0.29, 0.717) is 56.1 Å². The molecule has 5 nitrogen and oxygen atoms in total. The topological polar surface area (TPSA) is 56.8 Å². The van der Waals surface area contributed by atoms with Crippen molar-refractivity contribution in [2.75, 3.05) is 33.5 Å². The van der Waals surface area contributed by atoms with Gasteiger partial charge in [0.15, 0.2) is 0 Å². The highest BCUT2D eigenvalue weighted by atomic mass is 19.1. The molecular formula is C15H18FNO4. The molecule has 1 unspecified atom stereocenters. The Balaban J connectivity index is 1.84. The van der Waals surface area contributed by atoms with Crippen molar-refractivity contribution < 1.29 is 23.4 Å². The van der Waals surface area contributed by atoms with E-state index in [1.54, 1.807) is 7.11 Å². The Bertz CT molecular complexity index is 555. The fraction of sp³-hybridized carbons (Fsp3) is 0.533. The number of carbonyl (C=O) groups excluding carboxylic acids is 1. The summed E-state index contributed by atoms with van der Waals surface area (Å²) in [5.41, 5.74) is 0.323. The molecule has 3 rings (SSSR count). The number of halogens is 1. The monoisotopic (exact) mass is 295 g/mol. The third-order valence-electron chi connectivity index (χ3n) is 3.95. The average Bonchev–Trinajstić information content (AvgIpc) is 3.09. The number of hydrogen-bond donors (Lipinski definition) is 1. The number of benzene rings is 1. The molecule has 2 aliphatic heterocycles. The standard InChI is InChI=1S/C15H18FNO4/c1-19-8-15(5-7-20-9-15)17-14(18)11-2-3-12(16)10-4-6-21-13(10)11/h2-3H,4-9H2,1H3,(H,17,18). The Morgan fingerprint density at radius 3 is 3.05 bits per heavy atom. The molecule has 0 radical (unpaired) electrons. The van der Waals surface area contributed by atoms with Crippen LogP contribution in [0.3, 0.4) is 0 Å². The van der Waals surface area contributed by atoms with Gasteiger partial charge in [0.2, 0.25) is 0 Å². The lowest BCUT2D eigenvalue weighted by molar-refractivity contribution is 0.0691. The maximum absolute atomic E-state index is 13.7. The van der Waals surface area contributed by atoms with Crippen LogP contribution in [0.4, 0.5) is 4.39 Å². The van der Waals surface area contributed by atoms with Crippen molar-refractivity contribution in [3.63, 3.8) is 0 Å². The minimum Gasteiger partial charge on any atom is -0.492 e. The number of fused-ring (bicyclic) bond motifs is 1. The van der Waals surface area contributed by atoms with Crippen LogP contribution >= 0.6 is 0 Å². The summed E-state index contributed by atoms with van der Waals surface area (Å²) in [6, 6.07) is 2.78. The quantitative estimate of drug-likeness (QED) is 0.909. The first kappa shape index (κ1) is 14.3. The lowest BCUT2D eigenvalue weighted by Gasteiger charge is -2.28. The third kappa shape index (κ3) is 2.61. The van der Waals surface area contributed by atoms with Gasteiger partial charge in [-0.1, -0.05) is 0 Å². The lowest BCUT2D eigenvalue weighted by Crippen LogP contribution is -2.52. The number of carbonyl (C=O) groups is 1. The fourth-order valence-electron chi connectivity index (χ4n) is 2.88. The third-order valence-corrected chi connectivity index (χ3v) is 3.95. The van der Waals surface area contributed by atoms with Gasteiger partial charge >= 0.3 is 0 Å². The SMILES string of the molecule is COCC1(NC(=O)c2ccc(F)c3c2OCC3)CCOC1. The molecule has 6 heteroatoms. The molecule has 1 aromatic carbocycles. The van der Waals surface area contributed by atoms with Crippen LogP contribution in [-0.2, 0) is 15.9 Å². The van der Waals surface area contributed by atoms with E-state index >= 15 is 0 Å². The van der Waals surface area contributed by atoms with Crippen LogP contribution in [0.2, 0.25) is 0 Å². The summed E-state index contributed by atoms with van der Waals surface area (Å²) in [7, 11) is 1.59. The van der Waals surface area contributed by atoms with Gasteiger partial charge in [0.1, 0.15) is 11.6 Å². The van der Waals surface area contributed by atoms with Gasteiger partial charge in [0, 0.05) is 25.7 Å². The van der Waals surface area contributed by atoms with Crippen molar-refractivity contribution in [2.24, 2.45) is 0 Å². The van der Waals surface area contributed by atoms with E-state index in [2.05, 4.69) is 5.32 Å². The minimum atomic E-state index is -0.522. The summed E-state index contributed by atoms with van der Waals surface area (Å²) in [6.07, 6.45) is 1.19. The van der Waals surface area contributed by atoms with E-state index < -0.39 is 5.54 Å². The van der Waals surface area contributed by atoms with Gasteiger partial charge in [-0.05, 0) is 18.6 Å². The minimum absolute atomic E-state index is 0.282. The molecule has 1 fully saturated rings. The second-order valence-electron chi connectivity index (χ2n) is 5.47. The normalized spacial score (nSPS) is 23.7. The van der Waals surface area contributed by atoms with E-state index in [1.807, 2.05) is 0 Å². The molecule has 1 saturated heterocycles. The molecule has 1 atom stereocenters. The van der Waals surface area contributed by atoms with E-state index in [0.717, 1.165) is 0 Å². The van der Waals surface area contributed by atoms with E-state index in [9.17, 15) is 9.18 Å². The second-order valence-corrected chi connectivity index (χ2v) is 5.47. The predicted molar refractivity (Wildman–Crippen MR) is 73.1 cm³/mol. The number of nitrogens with one attached hydrogen (secondary N) is 1. The molecule has 0 aromatic heterocycles. The van der Waals surface area contributed by atoms with Crippen LogP contribution in [0.25, 0.3) is 0 Å². The number of rotatable bonds is 4. The van der Waals surface area contributed by atoms with E-state index in [4.69, 9.17) is 14.2 Å². The summed E-state index contributed by atoms with van der Waals surface area (Å²) >= 11 is 0. The Hall–Kier alpha value is -1.66. The Labute approximate surface area is 122 Å². The van der Waals surface area contributed by atoms with Crippen molar-refractivity contribution >= 4 is 5.91 Å². The van der Waals surface area contributed by atoms with Crippen LogP contribution in [0.15, 0.2) is 12.1 Å². The van der Waals surface area contributed by atoms with E-state index in [1.165, 1.54) is 12.1 Å². The van der Waals surface area contributed by atoms with Crippen LogP contribution in [0.5, 0.6) is 5.75 Å². The number of hydrogen-bond acceptors (Lipinski definition) is 4. The predicted octanol–water partition coefficient (Wildman–Crippen LogP) is 1.30. The summed E-state index contributed by atoms with van der Waals surface area (Å²) < 4.78 is 29.7. The van der Waals surface area contributed by atoms with E-state index in [-0.39, 0.29) is 11.7 Å². The van der Waals surface area contributed by atoms with Crippen molar-refractivity contribution in [3.8, 4) is 5.75 Å². The first-order valence-corrected chi connectivity index (χ1v) is 6.99. The summed E-state index contributed by atoms with van der Waals surface area (Å²) in [6.45, 7) is 1.78. The highest BCUT2D eigenvalue weighted by Gasteiger charge is 2.37. The molecule has 1 N–H and O–H groups in total. The Morgan fingerprint density at radius 2 is 2.33 bits per heavy atom. The maximum atomic E-state index is 13.7. The molecule has 0 spiro atoms. The van der Waals surface area contributed by atoms with Gasteiger partial charge < -0.3 is 19.5 Å². The van der Waals surface area contributed by atoms with Crippen LogP contribution < -0.4 is 10.1 Å². The zero-order valence-electron chi connectivity index (χ0n) is 11.9. The molecule has 1 amide bonds. The van der Waals surface area contributed by atoms with Crippen molar-refractivity contribution in [2.45, 2.75) is 18.4 Å². The number of methoxy groups -OCH3 is 1. The molecule has 114 valence electrons. The first-order valence-electron chi connectivity index (χ1n) is 6.99. The lowest BCUT2D eigenvalue weighted by atomic mass is 9.98. The highest BCUT2D eigenvalue weighted by Crippen LogP contribution is 2.32. The highest BCUT2D eigenvalue weighted by molar-refractivity contribution is 5.98. The van der Waals surface area contributed by atoms with Gasteiger partial charge in [-0.2, -0.15) is 0 Å². The van der Waals surface area contributed by atoms with Crippen molar-refractivity contribution in [3.05, 3.63) is 29.1 Å². The fourth-order valence-corrected chi connectivity index (χ4v) is 2.88. The maximum Gasteiger partial charge on any atom is 0.255 e. The first-order chi connectivity index (χ1) is 10.2. The van der Waals surface area contributed by atoms with Crippen molar-refractivity contribution in [1.82, 2.24) is 5.32 Å². The Kier molecular flexibility index (Phi) is 3.82. The van der Waals surface area contributed by atoms with Gasteiger partial charge in [-0.15, -0.1) is 0 Å². The number of ether oxygens (including phenoxy) is 3. The van der Waals surface area contributed by atoms with Crippen molar-refractivity contribution in [1.29, 1.82) is 0 Å². The zero-order chi connectivity index (χ0) is 14.9. The smallest absolute Gasteiger partial charge is 0.255 e. The molecule has 2 aliphatic rings. The molecule has 0 bridgehead atoms. The van der Waals surface area contributed by atoms with Gasteiger partial charge in [-0.25, -0.2) is 4.39 Å². The van der Waals surface area contributed by atoms with Crippen LogP contribution in [0.1, 0.15) is 22.3 Å². The summed E-state index contributed by atoms with van der Waals surface area (Å²) in [5.74, 6) is -0.246. The average molecular weight is 295 g/mol. The zero-order valence-corrected chi connectivity index (χ0v) is 11.9. The molecule has 1 aromatic rings. The van der Waals surface area contributed by atoms with Gasteiger partial charge in [0.25, 0.3) is 5.91 Å². The van der Waals surface area contributed by atoms with Gasteiger partial charge in [-0.3, -0.25) is 4.79 Å². The summed E-state index contributed by atoms with van der Waals surface area (Å²) in [4.78, 5) is 12.5. The van der Waals surface area contributed by atoms with Crippen LogP contribution in [-0.4, -0.2) is 45.0 Å². The summed E-state index contributed by atoms with van der Waals surface area (Å²) in [5, 5.41) is 2.97. The molecule has 2 heterocycles. The molecule has 21 heavy (non-hydrogen) atoms. The van der Waals surface area contributed by atoms with Gasteiger partial charge in [0.05, 0.1) is 30.9 Å². The largest absolute Gasteiger partial charge is 0.492 e. The molecular weight excluding hydrogens is 277 g/mol. The Morgan fingerprint density at radius 1 is 1.48 bits per heavy atom. The van der Waals surface area contributed by atoms with Crippen LogP contribution in [0, 0.1) is 5.82 Å².